The van der Waals surface area contributed by atoms with Gasteiger partial charge in [-0.05, 0) is 48.0 Å². The molecule has 0 radical (unpaired) electrons. The van der Waals surface area contributed by atoms with Crippen LogP contribution in [-0.2, 0) is 0 Å². The van der Waals surface area contributed by atoms with Gasteiger partial charge in [0.15, 0.2) is 0 Å². The van der Waals surface area contributed by atoms with Crippen LogP contribution >= 0.6 is 11.8 Å². The first-order chi connectivity index (χ1) is 6.90. The normalized spacial score (nSPS) is 17.6. The molecule has 1 saturated heterocycles. The Balaban J connectivity index is 2.12. The van der Waals surface area contributed by atoms with Crippen molar-refractivity contribution in [2.24, 2.45) is 0 Å². The molecule has 0 nitrogen and oxygen atoms in total. The quantitative estimate of drug-likeness (QED) is 0.630. The first-order valence-corrected chi connectivity index (χ1v) is 6.20. The summed E-state index contributed by atoms with van der Waals surface area (Å²) in [5, 5.41) is 0. The molecule has 0 atom stereocenters. The molecular formula is C13H14S. The van der Waals surface area contributed by atoms with Crippen LogP contribution in [0.2, 0.25) is 0 Å². The lowest BCUT2D eigenvalue weighted by molar-refractivity contribution is 0.637. The highest BCUT2D eigenvalue weighted by Crippen LogP contribution is 2.31. The molecule has 0 N–H and O–H groups in total. The predicted molar refractivity (Wildman–Crippen MR) is 63.7 cm³/mol. The van der Waals surface area contributed by atoms with Crippen LogP contribution in [0.15, 0.2) is 24.3 Å². The summed E-state index contributed by atoms with van der Waals surface area (Å²) in [6.07, 6.45) is 7.96. The largest absolute Gasteiger partial charge is 0.162 e. The average molecular weight is 202 g/mol. The van der Waals surface area contributed by atoms with E-state index in [4.69, 9.17) is 6.42 Å². The number of terminal acetylenes is 1. The molecule has 1 aliphatic rings. The molecule has 0 amide bonds. The van der Waals surface area contributed by atoms with Gasteiger partial charge in [0, 0.05) is 5.56 Å². The minimum atomic E-state index is 0.767. The number of benzene rings is 1. The van der Waals surface area contributed by atoms with E-state index in [1.807, 2.05) is 0 Å². The molecule has 1 heteroatoms. The number of hydrogen-bond donors (Lipinski definition) is 0. The fraction of sp³-hybridized carbons (Fsp3) is 0.385. The molecule has 1 aromatic carbocycles. The number of rotatable bonds is 1. The summed E-state index contributed by atoms with van der Waals surface area (Å²) < 4.78 is 0. The molecule has 1 fully saturated rings. The van der Waals surface area contributed by atoms with Crippen molar-refractivity contribution in [3.05, 3.63) is 35.4 Å². The summed E-state index contributed by atoms with van der Waals surface area (Å²) >= 11 is 2.07. The van der Waals surface area contributed by atoms with Crippen molar-refractivity contribution >= 4 is 11.8 Å². The Morgan fingerprint density at radius 3 is 2.36 bits per heavy atom. The van der Waals surface area contributed by atoms with Gasteiger partial charge in [0.25, 0.3) is 0 Å². The van der Waals surface area contributed by atoms with Gasteiger partial charge in [-0.1, -0.05) is 18.1 Å². The minimum Gasteiger partial charge on any atom is -0.162 e. The third-order valence-corrected chi connectivity index (χ3v) is 3.82. The zero-order valence-electron chi connectivity index (χ0n) is 8.20. The fourth-order valence-electron chi connectivity index (χ4n) is 1.88. The van der Waals surface area contributed by atoms with Crippen LogP contribution in [-0.4, -0.2) is 11.5 Å². The molecular weight excluding hydrogens is 188 g/mol. The van der Waals surface area contributed by atoms with Crippen LogP contribution in [0.5, 0.6) is 0 Å². The first kappa shape index (κ1) is 9.68. The third kappa shape index (κ3) is 2.13. The molecule has 0 bridgehead atoms. The molecule has 0 aromatic heterocycles. The molecule has 0 spiro atoms. The second kappa shape index (κ2) is 4.57. The van der Waals surface area contributed by atoms with Gasteiger partial charge in [-0.25, -0.2) is 0 Å². The molecule has 2 rings (SSSR count). The predicted octanol–water partition coefficient (Wildman–Crippen LogP) is 3.28. The van der Waals surface area contributed by atoms with Crippen molar-refractivity contribution in [2.75, 3.05) is 11.5 Å². The van der Waals surface area contributed by atoms with E-state index in [-0.39, 0.29) is 0 Å². The van der Waals surface area contributed by atoms with Crippen LogP contribution in [0.1, 0.15) is 29.9 Å². The minimum absolute atomic E-state index is 0.767. The lowest BCUT2D eigenvalue weighted by atomic mass is 9.93. The van der Waals surface area contributed by atoms with Crippen LogP contribution < -0.4 is 0 Å². The topological polar surface area (TPSA) is 0 Å². The van der Waals surface area contributed by atoms with Crippen molar-refractivity contribution in [1.29, 1.82) is 0 Å². The Kier molecular flexibility index (Phi) is 3.16. The van der Waals surface area contributed by atoms with Gasteiger partial charge in [0.2, 0.25) is 0 Å². The third-order valence-electron chi connectivity index (χ3n) is 2.77. The van der Waals surface area contributed by atoms with E-state index >= 15 is 0 Å². The van der Waals surface area contributed by atoms with Crippen molar-refractivity contribution < 1.29 is 0 Å². The zero-order chi connectivity index (χ0) is 9.80. The Morgan fingerprint density at radius 2 is 1.79 bits per heavy atom. The molecule has 0 saturated carbocycles. The summed E-state index contributed by atoms with van der Waals surface area (Å²) in [5.41, 5.74) is 2.45. The van der Waals surface area contributed by atoms with Gasteiger partial charge in [-0.2, -0.15) is 11.8 Å². The van der Waals surface area contributed by atoms with Gasteiger partial charge in [-0.15, -0.1) is 6.42 Å². The molecule has 1 aliphatic heterocycles. The fourth-order valence-corrected chi connectivity index (χ4v) is 2.99. The summed E-state index contributed by atoms with van der Waals surface area (Å²) in [6.45, 7) is 0. The van der Waals surface area contributed by atoms with Crippen molar-refractivity contribution in [3.8, 4) is 12.3 Å². The summed E-state index contributed by atoms with van der Waals surface area (Å²) in [5.74, 6) is 6.03. The maximum atomic E-state index is 5.33. The van der Waals surface area contributed by atoms with Gasteiger partial charge in [0.05, 0.1) is 0 Å². The van der Waals surface area contributed by atoms with E-state index in [0.29, 0.717) is 0 Å². The maximum absolute atomic E-state index is 5.33. The van der Waals surface area contributed by atoms with Gasteiger partial charge < -0.3 is 0 Å². The second-order valence-electron chi connectivity index (χ2n) is 3.65. The molecule has 0 unspecified atom stereocenters. The Labute approximate surface area is 90.1 Å². The van der Waals surface area contributed by atoms with Crippen LogP contribution in [0.3, 0.4) is 0 Å². The number of thioether (sulfide) groups is 1. The summed E-state index contributed by atoms with van der Waals surface area (Å²) in [7, 11) is 0. The average Bonchev–Trinajstić information content (AvgIpc) is 2.30. The van der Waals surface area contributed by atoms with Crippen molar-refractivity contribution in [1.82, 2.24) is 0 Å². The Morgan fingerprint density at radius 1 is 1.14 bits per heavy atom. The molecule has 1 aromatic rings. The highest BCUT2D eigenvalue weighted by molar-refractivity contribution is 7.99. The smallest absolute Gasteiger partial charge is 0.0242 e. The molecule has 1 heterocycles. The van der Waals surface area contributed by atoms with E-state index in [1.165, 1.54) is 29.9 Å². The van der Waals surface area contributed by atoms with E-state index < -0.39 is 0 Å². The summed E-state index contributed by atoms with van der Waals surface area (Å²) in [6, 6.07) is 8.49. The first-order valence-electron chi connectivity index (χ1n) is 5.04. The van der Waals surface area contributed by atoms with Crippen LogP contribution in [0, 0.1) is 12.3 Å². The van der Waals surface area contributed by atoms with Crippen LogP contribution in [0.25, 0.3) is 0 Å². The van der Waals surface area contributed by atoms with Crippen molar-refractivity contribution in [2.45, 2.75) is 18.8 Å². The van der Waals surface area contributed by atoms with E-state index in [0.717, 1.165) is 11.5 Å². The van der Waals surface area contributed by atoms with Gasteiger partial charge in [0.1, 0.15) is 0 Å². The van der Waals surface area contributed by atoms with Gasteiger partial charge >= 0.3 is 0 Å². The van der Waals surface area contributed by atoms with E-state index in [2.05, 4.69) is 41.9 Å². The highest BCUT2D eigenvalue weighted by atomic mass is 32.2. The monoisotopic (exact) mass is 202 g/mol. The highest BCUT2D eigenvalue weighted by Gasteiger charge is 2.14. The summed E-state index contributed by atoms with van der Waals surface area (Å²) in [4.78, 5) is 0. The molecule has 72 valence electrons. The maximum Gasteiger partial charge on any atom is 0.0242 e. The Hall–Kier alpha value is -0.870. The standard InChI is InChI=1S/C13H14S/c1-2-11-3-5-12(6-4-11)13-7-9-14-10-8-13/h1,3-6,13H,7-10H2. The Bertz CT molecular complexity index is 325. The molecule has 14 heavy (non-hydrogen) atoms. The second-order valence-corrected chi connectivity index (χ2v) is 4.88. The lowest BCUT2D eigenvalue weighted by Gasteiger charge is -2.21. The van der Waals surface area contributed by atoms with Crippen LogP contribution in [0.4, 0.5) is 0 Å². The zero-order valence-corrected chi connectivity index (χ0v) is 9.02. The van der Waals surface area contributed by atoms with E-state index in [9.17, 15) is 0 Å². The van der Waals surface area contributed by atoms with Crippen molar-refractivity contribution in [3.63, 3.8) is 0 Å². The van der Waals surface area contributed by atoms with E-state index in [1.54, 1.807) is 0 Å². The SMILES string of the molecule is C#Cc1ccc(C2CCSCC2)cc1. The molecule has 0 aliphatic carbocycles. The van der Waals surface area contributed by atoms with Gasteiger partial charge in [-0.3, -0.25) is 0 Å². The lowest BCUT2D eigenvalue weighted by Crippen LogP contribution is -2.07. The number of hydrogen-bond acceptors (Lipinski definition) is 1.